The zero-order valence-corrected chi connectivity index (χ0v) is 21.0. The molecule has 4 aromatic rings. The molecule has 1 unspecified atom stereocenters. The number of aryl methyl sites for hydroxylation is 1. The fourth-order valence-corrected chi connectivity index (χ4v) is 5.46. The third-order valence-corrected chi connectivity index (χ3v) is 7.52. The number of methoxy groups -OCH3 is 1. The number of fused-ring (bicyclic) bond motifs is 3. The van der Waals surface area contributed by atoms with Gasteiger partial charge in [0.15, 0.2) is 0 Å². The van der Waals surface area contributed by atoms with Crippen molar-refractivity contribution in [2.24, 2.45) is 0 Å². The molecule has 0 aliphatic carbocycles. The van der Waals surface area contributed by atoms with E-state index < -0.39 is 0 Å². The van der Waals surface area contributed by atoms with E-state index >= 15 is 0 Å². The summed E-state index contributed by atoms with van der Waals surface area (Å²) in [6.45, 7) is 4.69. The molecule has 6 rings (SSSR count). The number of rotatable bonds is 4. The van der Waals surface area contributed by atoms with Crippen LogP contribution < -0.4 is 10.3 Å². The minimum absolute atomic E-state index is 0.0438. The molecule has 2 aliphatic rings. The predicted molar refractivity (Wildman–Crippen MR) is 139 cm³/mol. The second kappa shape index (κ2) is 9.64. The van der Waals surface area contributed by atoms with Crippen molar-refractivity contribution in [2.45, 2.75) is 31.9 Å². The van der Waals surface area contributed by atoms with E-state index in [0.717, 1.165) is 40.6 Å². The molecule has 192 valence electrons. The lowest BCUT2D eigenvalue weighted by Gasteiger charge is -2.33. The van der Waals surface area contributed by atoms with Gasteiger partial charge in [0.05, 0.1) is 48.9 Å². The maximum Gasteiger partial charge on any atom is 0.259 e. The van der Waals surface area contributed by atoms with Crippen molar-refractivity contribution in [3.63, 3.8) is 0 Å². The fraction of sp³-hybridized carbons (Fsp3) is 0.393. The smallest absolute Gasteiger partial charge is 0.259 e. The molecule has 1 atom stereocenters. The molecule has 9 heteroatoms. The van der Waals surface area contributed by atoms with Gasteiger partial charge in [-0.15, -0.1) is 0 Å². The van der Waals surface area contributed by atoms with Gasteiger partial charge in [0.25, 0.3) is 11.5 Å². The largest absolute Gasteiger partial charge is 0.497 e. The van der Waals surface area contributed by atoms with Crippen molar-refractivity contribution in [3.8, 4) is 5.75 Å². The van der Waals surface area contributed by atoms with Crippen LogP contribution in [0, 0.1) is 6.92 Å². The minimum atomic E-state index is -0.206. The zero-order chi connectivity index (χ0) is 25.5. The number of carbonyl (C=O) groups excluding carboxylic acids is 1. The van der Waals surface area contributed by atoms with E-state index in [0.29, 0.717) is 49.4 Å². The van der Waals surface area contributed by atoms with E-state index in [1.54, 1.807) is 13.3 Å². The maximum absolute atomic E-state index is 13.8. The van der Waals surface area contributed by atoms with Crippen LogP contribution in [0.3, 0.4) is 0 Å². The standard InChI is InChI=1S/C28H30N4O5/c1-17-13-24-22(26-23(27(33)30-24)15-29-32(26)19-7-10-36-11-8-19)14-21(17)28(34)31-9-12-37-25(16-31)18-3-5-20(35-2)6-4-18/h3-6,13-15,19,25H,7-12,16H2,1-2H3,(H,30,33). The monoisotopic (exact) mass is 502 g/mol. The Balaban J connectivity index is 1.37. The molecule has 2 aromatic carbocycles. The first-order valence-corrected chi connectivity index (χ1v) is 12.7. The molecule has 0 spiro atoms. The number of H-pyrrole nitrogens is 1. The highest BCUT2D eigenvalue weighted by molar-refractivity contribution is 6.07. The number of aromatic nitrogens is 3. The van der Waals surface area contributed by atoms with Gasteiger partial charge >= 0.3 is 0 Å². The number of hydrogen-bond acceptors (Lipinski definition) is 6. The van der Waals surface area contributed by atoms with Crippen LogP contribution in [0.15, 0.2) is 47.4 Å². The average molecular weight is 503 g/mol. The zero-order valence-electron chi connectivity index (χ0n) is 21.0. The molecular formula is C28H30N4O5. The Morgan fingerprint density at radius 2 is 1.89 bits per heavy atom. The van der Waals surface area contributed by atoms with Crippen molar-refractivity contribution in [1.82, 2.24) is 19.7 Å². The predicted octanol–water partition coefficient (Wildman–Crippen LogP) is 3.76. The van der Waals surface area contributed by atoms with Crippen molar-refractivity contribution in [3.05, 3.63) is 69.6 Å². The van der Waals surface area contributed by atoms with Crippen molar-refractivity contribution in [1.29, 1.82) is 0 Å². The van der Waals surface area contributed by atoms with E-state index in [1.165, 1.54) is 0 Å². The van der Waals surface area contributed by atoms with Crippen LogP contribution in [0.4, 0.5) is 0 Å². The number of morpholine rings is 1. The summed E-state index contributed by atoms with van der Waals surface area (Å²) in [6.07, 6.45) is 3.10. The van der Waals surface area contributed by atoms with Gasteiger partial charge in [-0.2, -0.15) is 5.10 Å². The summed E-state index contributed by atoms with van der Waals surface area (Å²) in [5.74, 6) is 0.737. The summed E-state index contributed by atoms with van der Waals surface area (Å²) < 4.78 is 18.7. The van der Waals surface area contributed by atoms with E-state index in [4.69, 9.17) is 14.2 Å². The Hall–Kier alpha value is -3.69. The van der Waals surface area contributed by atoms with Crippen molar-refractivity contribution < 1.29 is 19.0 Å². The summed E-state index contributed by atoms with van der Waals surface area (Å²) >= 11 is 0. The number of amides is 1. The van der Waals surface area contributed by atoms with Gasteiger partial charge in [0.1, 0.15) is 11.9 Å². The number of nitrogens with one attached hydrogen (secondary N) is 1. The van der Waals surface area contributed by atoms with Crippen molar-refractivity contribution in [2.75, 3.05) is 40.0 Å². The van der Waals surface area contributed by atoms with E-state index in [1.807, 2.05) is 52.9 Å². The Morgan fingerprint density at radius 1 is 1.11 bits per heavy atom. The molecule has 0 radical (unpaired) electrons. The van der Waals surface area contributed by atoms with E-state index in [9.17, 15) is 9.59 Å². The molecule has 37 heavy (non-hydrogen) atoms. The van der Waals surface area contributed by atoms with Crippen LogP contribution >= 0.6 is 0 Å². The fourth-order valence-electron chi connectivity index (χ4n) is 5.46. The molecule has 4 heterocycles. The SMILES string of the molecule is COc1ccc(C2CN(C(=O)c3cc4c(cc3C)[nH]c(=O)c3cnn(C5CCOCC5)c34)CCO2)cc1. The van der Waals surface area contributed by atoms with Gasteiger partial charge < -0.3 is 24.1 Å². The van der Waals surface area contributed by atoms with Crippen LogP contribution in [0.5, 0.6) is 5.75 Å². The van der Waals surface area contributed by atoms with Crippen LogP contribution in [-0.2, 0) is 9.47 Å². The Kier molecular flexibility index (Phi) is 6.18. The highest BCUT2D eigenvalue weighted by atomic mass is 16.5. The molecule has 0 bridgehead atoms. The molecule has 2 fully saturated rings. The first-order chi connectivity index (χ1) is 18.0. The lowest BCUT2D eigenvalue weighted by atomic mass is 10.0. The lowest BCUT2D eigenvalue weighted by Crippen LogP contribution is -2.42. The molecule has 1 N–H and O–H groups in total. The van der Waals surface area contributed by atoms with E-state index in [2.05, 4.69) is 10.1 Å². The average Bonchev–Trinajstić information content (AvgIpc) is 3.39. The third-order valence-electron chi connectivity index (χ3n) is 7.52. The quantitative estimate of drug-likeness (QED) is 0.456. The van der Waals surface area contributed by atoms with Crippen LogP contribution in [-0.4, -0.2) is 65.6 Å². The summed E-state index contributed by atoms with van der Waals surface area (Å²) in [7, 11) is 1.64. The van der Waals surface area contributed by atoms with Gasteiger partial charge in [-0.05, 0) is 55.2 Å². The molecule has 0 saturated carbocycles. The number of carbonyl (C=O) groups is 1. The summed E-state index contributed by atoms with van der Waals surface area (Å²) in [4.78, 5) is 31.5. The Labute approximate surface area is 213 Å². The number of ether oxygens (including phenoxy) is 3. The van der Waals surface area contributed by atoms with Gasteiger partial charge in [-0.25, -0.2) is 0 Å². The summed E-state index contributed by atoms with van der Waals surface area (Å²) in [6, 6.07) is 11.7. The highest BCUT2D eigenvalue weighted by Crippen LogP contribution is 2.31. The first-order valence-electron chi connectivity index (χ1n) is 12.7. The van der Waals surface area contributed by atoms with Crippen molar-refractivity contribution >= 4 is 27.7 Å². The summed E-state index contributed by atoms with van der Waals surface area (Å²) in [5, 5.41) is 5.95. The van der Waals surface area contributed by atoms with Gasteiger partial charge in [0.2, 0.25) is 0 Å². The third kappa shape index (κ3) is 4.28. The topological polar surface area (TPSA) is 98.7 Å². The highest BCUT2D eigenvalue weighted by Gasteiger charge is 2.28. The number of aromatic amines is 1. The van der Waals surface area contributed by atoms with Gasteiger partial charge in [-0.1, -0.05) is 12.1 Å². The van der Waals surface area contributed by atoms with Crippen LogP contribution in [0.1, 0.15) is 46.5 Å². The molecule has 9 nitrogen and oxygen atoms in total. The maximum atomic E-state index is 13.8. The molecule has 1 amide bonds. The number of nitrogens with zero attached hydrogens (tertiary/aromatic N) is 3. The normalized spacial score (nSPS) is 19.0. The molecule has 2 aromatic heterocycles. The first kappa shape index (κ1) is 23.7. The number of hydrogen-bond donors (Lipinski definition) is 1. The second-order valence-electron chi connectivity index (χ2n) is 9.75. The van der Waals surface area contributed by atoms with Crippen LogP contribution in [0.25, 0.3) is 21.8 Å². The Morgan fingerprint density at radius 3 is 2.65 bits per heavy atom. The van der Waals surface area contributed by atoms with E-state index in [-0.39, 0.29) is 23.6 Å². The number of pyridine rings is 1. The molecule has 2 aliphatic heterocycles. The lowest BCUT2D eigenvalue weighted by molar-refractivity contribution is -0.0228. The summed E-state index contributed by atoms with van der Waals surface area (Å²) in [5.41, 5.74) is 3.76. The number of benzene rings is 2. The Bertz CT molecular complexity index is 1520. The minimum Gasteiger partial charge on any atom is -0.497 e. The van der Waals surface area contributed by atoms with Crippen LogP contribution in [0.2, 0.25) is 0 Å². The molecular weight excluding hydrogens is 472 g/mol. The second-order valence-corrected chi connectivity index (χ2v) is 9.75. The van der Waals surface area contributed by atoms with Gasteiger partial charge in [-0.3, -0.25) is 14.3 Å². The van der Waals surface area contributed by atoms with Gasteiger partial charge in [0, 0.05) is 30.7 Å². The molecule has 2 saturated heterocycles.